The molecule has 0 spiro atoms. The maximum atomic E-state index is 13.5. The van der Waals surface area contributed by atoms with Gasteiger partial charge in [0.25, 0.3) is 0 Å². The van der Waals surface area contributed by atoms with Crippen LogP contribution in [0.3, 0.4) is 0 Å². The maximum Gasteiger partial charge on any atom is 0.340 e. The Labute approximate surface area is 91.4 Å². The average molecular weight is 227 g/mol. The monoisotopic (exact) mass is 227 g/mol. The number of benzene rings is 1. The van der Waals surface area contributed by atoms with Crippen LogP contribution >= 0.6 is 0 Å². The number of rotatable bonds is 1. The molecular formula is C11H11F2NO2. The molecule has 0 saturated carbocycles. The molecule has 1 atom stereocenters. The molecule has 1 aliphatic heterocycles. The highest BCUT2D eigenvalue weighted by Gasteiger charge is 2.28. The molecule has 1 heterocycles. The van der Waals surface area contributed by atoms with Crippen molar-refractivity contribution in [2.45, 2.75) is 19.4 Å². The van der Waals surface area contributed by atoms with Crippen LogP contribution in [0.1, 0.15) is 22.8 Å². The molecule has 16 heavy (non-hydrogen) atoms. The summed E-state index contributed by atoms with van der Waals surface area (Å²) >= 11 is 0. The minimum atomic E-state index is -1.02. The van der Waals surface area contributed by atoms with Gasteiger partial charge >= 0.3 is 5.97 Å². The van der Waals surface area contributed by atoms with Crippen molar-refractivity contribution >= 4 is 11.7 Å². The fourth-order valence-corrected chi connectivity index (χ4v) is 1.91. The number of methoxy groups -OCH3 is 1. The zero-order valence-corrected chi connectivity index (χ0v) is 8.93. The van der Waals surface area contributed by atoms with Crippen LogP contribution in [0, 0.1) is 11.6 Å². The summed E-state index contributed by atoms with van der Waals surface area (Å²) in [6.45, 7) is 1.83. The summed E-state index contributed by atoms with van der Waals surface area (Å²) in [6, 6.07) is 0.847. The summed E-state index contributed by atoms with van der Waals surface area (Å²) in [5, 5.41) is 2.94. The Kier molecular flexibility index (Phi) is 2.53. The topological polar surface area (TPSA) is 38.3 Å². The van der Waals surface area contributed by atoms with Gasteiger partial charge in [0.15, 0.2) is 11.6 Å². The number of hydrogen-bond donors (Lipinski definition) is 1. The van der Waals surface area contributed by atoms with Crippen LogP contribution in [0.15, 0.2) is 6.07 Å². The molecule has 0 saturated heterocycles. The van der Waals surface area contributed by atoms with E-state index < -0.39 is 17.6 Å². The highest BCUT2D eigenvalue weighted by atomic mass is 19.2. The number of carbonyl (C=O) groups excluding carboxylic acids is 1. The molecule has 0 radical (unpaired) electrons. The molecule has 5 heteroatoms. The van der Waals surface area contributed by atoms with Gasteiger partial charge in [-0.3, -0.25) is 0 Å². The third kappa shape index (κ3) is 1.52. The van der Waals surface area contributed by atoms with Gasteiger partial charge in [-0.25, -0.2) is 13.6 Å². The van der Waals surface area contributed by atoms with Gasteiger partial charge in [0.1, 0.15) is 0 Å². The molecule has 1 aromatic rings. The van der Waals surface area contributed by atoms with Crippen LogP contribution < -0.4 is 5.32 Å². The summed E-state index contributed by atoms with van der Waals surface area (Å²) in [6.07, 6.45) is 0.364. The predicted octanol–water partition coefficient (Wildman–Crippen LogP) is 2.11. The third-order valence-electron chi connectivity index (χ3n) is 2.62. The predicted molar refractivity (Wildman–Crippen MR) is 54.5 cm³/mol. The van der Waals surface area contributed by atoms with Crippen molar-refractivity contribution in [3.05, 3.63) is 28.8 Å². The lowest BCUT2D eigenvalue weighted by molar-refractivity contribution is 0.0601. The van der Waals surface area contributed by atoms with Gasteiger partial charge in [0.05, 0.1) is 18.4 Å². The van der Waals surface area contributed by atoms with Crippen molar-refractivity contribution in [3.8, 4) is 0 Å². The van der Waals surface area contributed by atoms with Gasteiger partial charge in [-0.05, 0) is 19.4 Å². The Bertz CT molecular complexity index is 460. The molecule has 0 aromatic heterocycles. The van der Waals surface area contributed by atoms with Gasteiger partial charge in [-0.2, -0.15) is 0 Å². The van der Waals surface area contributed by atoms with E-state index in [1.54, 1.807) is 0 Å². The highest BCUT2D eigenvalue weighted by Crippen LogP contribution is 2.33. The van der Waals surface area contributed by atoms with Crippen LogP contribution in [0.4, 0.5) is 14.5 Å². The molecule has 86 valence electrons. The maximum absolute atomic E-state index is 13.5. The lowest BCUT2D eigenvalue weighted by Gasteiger charge is -2.09. The van der Waals surface area contributed by atoms with Crippen molar-refractivity contribution in [2.24, 2.45) is 0 Å². The highest BCUT2D eigenvalue weighted by molar-refractivity contribution is 5.97. The Hall–Kier alpha value is -1.65. The largest absolute Gasteiger partial charge is 0.465 e. The number of esters is 1. The van der Waals surface area contributed by atoms with E-state index in [0.717, 1.165) is 6.07 Å². The lowest BCUT2D eigenvalue weighted by atomic mass is 10.1. The van der Waals surface area contributed by atoms with Gasteiger partial charge in [-0.1, -0.05) is 0 Å². The molecule has 1 unspecified atom stereocenters. The second kappa shape index (κ2) is 3.73. The number of anilines is 1. The number of carbonyl (C=O) groups is 1. The van der Waals surface area contributed by atoms with Crippen LogP contribution in [-0.2, 0) is 11.2 Å². The van der Waals surface area contributed by atoms with Crippen LogP contribution in [-0.4, -0.2) is 19.1 Å². The fourth-order valence-electron chi connectivity index (χ4n) is 1.91. The lowest BCUT2D eigenvalue weighted by Crippen LogP contribution is -2.11. The number of ether oxygens (including phenoxy) is 1. The zero-order chi connectivity index (χ0) is 11.9. The van der Waals surface area contributed by atoms with Crippen LogP contribution in [0.25, 0.3) is 0 Å². The summed E-state index contributed by atoms with van der Waals surface area (Å²) < 4.78 is 31.2. The molecule has 1 aromatic carbocycles. The number of halogens is 2. The first kappa shape index (κ1) is 10.9. The van der Waals surface area contributed by atoms with Gasteiger partial charge in [0.2, 0.25) is 0 Å². The van der Waals surface area contributed by atoms with Crippen LogP contribution in [0.5, 0.6) is 0 Å². The Morgan fingerprint density at radius 3 is 2.88 bits per heavy atom. The SMILES string of the molecule is COC(=O)c1cc(F)c(F)c2c1NC(C)C2. The fraction of sp³-hybridized carbons (Fsp3) is 0.364. The average Bonchev–Trinajstić information content (AvgIpc) is 2.64. The second-order valence-corrected chi connectivity index (χ2v) is 3.81. The van der Waals surface area contributed by atoms with E-state index in [2.05, 4.69) is 10.1 Å². The molecule has 1 N–H and O–H groups in total. The molecule has 0 amide bonds. The first-order chi connectivity index (χ1) is 7.54. The zero-order valence-electron chi connectivity index (χ0n) is 8.93. The van der Waals surface area contributed by atoms with E-state index in [4.69, 9.17) is 0 Å². The molecule has 3 nitrogen and oxygen atoms in total. The van der Waals surface area contributed by atoms with Crippen molar-refractivity contribution < 1.29 is 18.3 Å². The van der Waals surface area contributed by atoms with Gasteiger partial charge < -0.3 is 10.1 Å². The Balaban J connectivity index is 2.61. The summed E-state index contributed by atoms with van der Waals surface area (Å²) in [5.74, 6) is -2.58. The molecule has 1 aliphatic rings. The quantitative estimate of drug-likeness (QED) is 0.747. The van der Waals surface area contributed by atoms with Crippen molar-refractivity contribution in [1.82, 2.24) is 0 Å². The molecule has 0 fully saturated rings. The molecule has 2 rings (SSSR count). The Morgan fingerprint density at radius 1 is 1.56 bits per heavy atom. The normalized spacial score (nSPS) is 17.9. The number of fused-ring (bicyclic) bond motifs is 1. The van der Waals surface area contributed by atoms with Crippen molar-refractivity contribution in [2.75, 3.05) is 12.4 Å². The summed E-state index contributed by atoms with van der Waals surface area (Å²) in [4.78, 5) is 11.4. The second-order valence-electron chi connectivity index (χ2n) is 3.81. The van der Waals surface area contributed by atoms with E-state index >= 15 is 0 Å². The van der Waals surface area contributed by atoms with E-state index in [1.165, 1.54) is 7.11 Å². The third-order valence-corrected chi connectivity index (χ3v) is 2.62. The van der Waals surface area contributed by atoms with Crippen molar-refractivity contribution in [1.29, 1.82) is 0 Å². The number of hydrogen-bond acceptors (Lipinski definition) is 3. The standard InChI is InChI=1S/C11H11F2NO2/c1-5-3-6-9(13)8(12)4-7(10(6)14-5)11(15)16-2/h4-5,14H,3H2,1-2H3. The van der Waals surface area contributed by atoms with Gasteiger partial charge in [-0.15, -0.1) is 0 Å². The summed E-state index contributed by atoms with van der Waals surface area (Å²) in [7, 11) is 1.20. The van der Waals surface area contributed by atoms with E-state index in [9.17, 15) is 13.6 Å². The first-order valence-electron chi connectivity index (χ1n) is 4.90. The van der Waals surface area contributed by atoms with E-state index in [0.29, 0.717) is 12.1 Å². The van der Waals surface area contributed by atoms with E-state index in [1.807, 2.05) is 6.92 Å². The molecule has 0 bridgehead atoms. The smallest absolute Gasteiger partial charge is 0.340 e. The summed E-state index contributed by atoms with van der Waals surface area (Å²) in [5.41, 5.74) is 0.604. The number of nitrogens with one attached hydrogen (secondary N) is 1. The minimum Gasteiger partial charge on any atom is -0.465 e. The van der Waals surface area contributed by atoms with Crippen molar-refractivity contribution in [3.63, 3.8) is 0 Å². The minimum absolute atomic E-state index is 0.0188. The first-order valence-corrected chi connectivity index (χ1v) is 4.90. The Morgan fingerprint density at radius 2 is 2.25 bits per heavy atom. The molecule has 0 aliphatic carbocycles. The molecular weight excluding hydrogens is 216 g/mol. The van der Waals surface area contributed by atoms with Gasteiger partial charge in [0, 0.05) is 11.6 Å². The van der Waals surface area contributed by atoms with E-state index in [-0.39, 0.29) is 17.2 Å². The van der Waals surface area contributed by atoms with Crippen LogP contribution in [0.2, 0.25) is 0 Å².